The van der Waals surface area contributed by atoms with Crippen molar-refractivity contribution in [2.75, 3.05) is 40.3 Å². The fourth-order valence-corrected chi connectivity index (χ4v) is 3.10. The monoisotopic (exact) mass is 318 g/mol. The first-order chi connectivity index (χ1) is 11.3. The van der Waals surface area contributed by atoms with Gasteiger partial charge in [-0.25, -0.2) is 0 Å². The van der Waals surface area contributed by atoms with Crippen molar-refractivity contribution in [1.29, 1.82) is 0 Å². The molecule has 0 aliphatic carbocycles. The van der Waals surface area contributed by atoms with Crippen LogP contribution in [0.1, 0.15) is 37.5 Å². The first kappa shape index (κ1) is 17.6. The van der Waals surface area contributed by atoms with Crippen molar-refractivity contribution in [3.8, 4) is 0 Å². The molecule has 0 radical (unpaired) electrons. The summed E-state index contributed by atoms with van der Waals surface area (Å²) in [5.41, 5.74) is 0. The van der Waals surface area contributed by atoms with Crippen molar-refractivity contribution in [2.24, 2.45) is 4.99 Å². The van der Waals surface area contributed by atoms with E-state index in [4.69, 9.17) is 4.42 Å². The molecule has 128 valence electrons. The molecule has 1 atom stereocenters. The molecule has 1 unspecified atom stereocenters. The van der Waals surface area contributed by atoms with Crippen LogP contribution in [0, 0.1) is 0 Å². The van der Waals surface area contributed by atoms with Crippen LogP contribution in [0.25, 0.3) is 0 Å². The molecule has 2 heterocycles. The number of likely N-dealkylation sites (tertiary alicyclic amines) is 1. The summed E-state index contributed by atoms with van der Waals surface area (Å²) in [7, 11) is 3.92. The molecule has 0 amide bonds. The second-order valence-electron chi connectivity index (χ2n) is 6.05. The Labute approximate surface area is 140 Å². The van der Waals surface area contributed by atoms with Gasteiger partial charge < -0.3 is 14.6 Å². The number of unbranched alkanes of at least 4 members (excludes halogenated alkanes) is 1. The highest BCUT2D eigenvalue weighted by Crippen LogP contribution is 2.24. The number of hydrogen-bond donors (Lipinski definition) is 1. The minimum Gasteiger partial charge on any atom is -0.468 e. The summed E-state index contributed by atoms with van der Waals surface area (Å²) in [5, 5.41) is 3.51. The Morgan fingerprint density at radius 3 is 2.91 bits per heavy atom. The van der Waals surface area contributed by atoms with Crippen molar-refractivity contribution in [3.05, 3.63) is 36.8 Å². The van der Waals surface area contributed by atoms with Crippen LogP contribution in [-0.2, 0) is 0 Å². The van der Waals surface area contributed by atoms with Crippen LogP contribution in [-0.4, -0.2) is 56.0 Å². The molecule has 1 aliphatic rings. The fraction of sp³-hybridized carbons (Fsp3) is 0.611. The molecule has 23 heavy (non-hydrogen) atoms. The molecule has 1 aliphatic heterocycles. The molecule has 1 N–H and O–H groups in total. The zero-order valence-electron chi connectivity index (χ0n) is 14.5. The zero-order valence-corrected chi connectivity index (χ0v) is 14.5. The topological polar surface area (TPSA) is 44.0 Å². The Bertz CT molecular complexity index is 477. The van der Waals surface area contributed by atoms with E-state index < -0.39 is 0 Å². The maximum atomic E-state index is 5.67. The van der Waals surface area contributed by atoms with E-state index in [0.717, 1.165) is 50.7 Å². The number of rotatable bonds is 8. The summed E-state index contributed by atoms with van der Waals surface area (Å²) in [6.07, 6.45) is 8.39. The molecule has 5 heteroatoms. The highest BCUT2D eigenvalue weighted by molar-refractivity contribution is 5.79. The predicted molar refractivity (Wildman–Crippen MR) is 95.7 cm³/mol. The standard InChI is InChI=1S/C18H30N4O/c1-4-5-6-11-21(3)18(19-2)20-15-16(17-10-9-14-23-17)22-12-7-8-13-22/h4,9-10,14,16H,1,5-8,11-13,15H2,2-3H3,(H,19,20). The third-order valence-corrected chi connectivity index (χ3v) is 4.38. The molecular weight excluding hydrogens is 288 g/mol. The highest BCUT2D eigenvalue weighted by Gasteiger charge is 2.25. The van der Waals surface area contributed by atoms with Crippen LogP contribution in [0.5, 0.6) is 0 Å². The molecule has 1 aromatic heterocycles. The van der Waals surface area contributed by atoms with Crippen LogP contribution in [0.15, 0.2) is 40.5 Å². The molecular formula is C18H30N4O. The number of furan rings is 1. The molecule has 5 nitrogen and oxygen atoms in total. The smallest absolute Gasteiger partial charge is 0.193 e. The van der Waals surface area contributed by atoms with Crippen molar-refractivity contribution in [3.63, 3.8) is 0 Å². The van der Waals surface area contributed by atoms with E-state index in [9.17, 15) is 0 Å². The minimum atomic E-state index is 0.269. The number of allylic oxidation sites excluding steroid dienone is 1. The zero-order chi connectivity index (χ0) is 16.5. The van der Waals surface area contributed by atoms with E-state index >= 15 is 0 Å². The Hall–Kier alpha value is -1.75. The summed E-state index contributed by atoms with van der Waals surface area (Å²) < 4.78 is 5.67. The van der Waals surface area contributed by atoms with Gasteiger partial charge in [0.15, 0.2) is 5.96 Å². The van der Waals surface area contributed by atoms with Gasteiger partial charge in [0.05, 0.1) is 12.3 Å². The number of guanidine groups is 1. The van der Waals surface area contributed by atoms with Gasteiger partial charge in [-0.15, -0.1) is 6.58 Å². The second kappa shape index (κ2) is 9.40. The Balaban J connectivity index is 1.92. The van der Waals surface area contributed by atoms with Crippen LogP contribution < -0.4 is 5.32 Å². The third-order valence-electron chi connectivity index (χ3n) is 4.38. The molecule has 2 rings (SSSR count). The molecule has 1 saturated heterocycles. The van der Waals surface area contributed by atoms with Crippen LogP contribution in [0.4, 0.5) is 0 Å². The summed E-state index contributed by atoms with van der Waals surface area (Å²) in [6, 6.07) is 4.31. The first-order valence-electron chi connectivity index (χ1n) is 8.56. The molecule has 0 saturated carbocycles. The van der Waals surface area contributed by atoms with Crippen molar-refractivity contribution < 1.29 is 4.42 Å². The van der Waals surface area contributed by atoms with Crippen LogP contribution in [0.2, 0.25) is 0 Å². The highest BCUT2D eigenvalue weighted by atomic mass is 16.3. The maximum Gasteiger partial charge on any atom is 0.193 e. The molecule has 1 fully saturated rings. The average molecular weight is 318 g/mol. The SMILES string of the molecule is C=CCCCN(C)C(=NC)NCC(c1ccco1)N1CCCC1. The quantitative estimate of drug-likeness (QED) is 0.346. The van der Waals surface area contributed by atoms with Crippen molar-refractivity contribution in [2.45, 2.75) is 31.7 Å². The van der Waals surface area contributed by atoms with Crippen molar-refractivity contribution in [1.82, 2.24) is 15.1 Å². The number of nitrogens with one attached hydrogen (secondary N) is 1. The lowest BCUT2D eigenvalue weighted by Gasteiger charge is -2.28. The Morgan fingerprint density at radius 2 is 2.30 bits per heavy atom. The summed E-state index contributed by atoms with van der Waals surface area (Å²) in [5.74, 6) is 1.97. The van der Waals surface area contributed by atoms with Gasteiger partial charge in [0.25, 0.3) is 0 Å². The number of aliphatic imine (C=N–C) groups is 1. The van der Waals surface area contributed by atoms with Gasteiger partial charge in [-0.3, -0.25) is 9.89 Å². The lowest BCUT2D eigenvalue weighted by molar-refractivity contribution is 0.214. The lowest BCUT2D eigenvalue weighted by Crippen LogP contribution is -2.43. The van der Waals surface area contributed by atoms with Gasteiger partial charge in [-0.05, 0) is 50.9 Å². The van der Waals surface area contributed by atoms with Gasteiger partial charge in [-0.1, -0.05) is 6.08 Å². The number of nitrogens with zero attached hydrogens (tertiary/aromatic N) is 3. The second-order valence-corrected chi connectivity index (χ2v) is 6.05. The Morgan fingerprint density at radius 1 is 1.52 bits per heavy atom. The lowest BCUT2D eigenvalue weighted by atomic mass is 10.2. The van der Waals surface area contributed by atoms with E-state index in [1.165, 1.54) is 12.8 Å². The molecule has 1 aromatic rings. The van der Waals surface area contributed by atoms with Gasteiger partial charge in [-0.2, -0.15) is 0 Å². The van der Waals surface area contributed by atoms with Gasteiger partial charge in [0.2, 0.25) is 0 Å². The van der Waals surface area contributed by atoms with Crippen LogP contribution in [0.3, 0.4) is 0 Å². The summed E-state index contributed by atoms with van der Waals surface area (Å²) in [4.78, 5) is 9.07. The van der Waals surface area contributed by atoms with E-state index in [-0.39, 0.29) is 6.04 Å². The predicted octanol–water partition coefficient (Wildman–Crippen LogP) is 2.89. The van der Waals surface area contributed by atoms with Gasteiger partial charge >= 0.3 is 0 Å². The normalized spacial score (nSPS) is 17.2. The van der Waals surface area contributed by atoms with Crippen molar-refractivity contribution >= 4 is 5.96 Å². The first-order valence-corrected chi connectivity index (χ1v) is 8.56. The third kappa shape index (κ3) is 5.13. The largest absolute Gasteiger partial charge is 0.468 e. The van der Waals surface area contributed by atoms with Crippen LogP contribution >= 0.6 is 0 Å². The molecule has 0 bridgehead atoms. The average Bonchev–Trinajstić information content (AvgIpc) is 3.25. The van der Waals surface area contributed by atoms with E-state index in [1.54, 1.807) is 6.26 Å². The minimum absolute atomic E-state index is 0.269. The molecule has 0 spiro atoms. The van der Waals surface area contributed by atoms with Gasteiger partial charge in [0.1, 0.15) is 5.76 Å². The Kier molecular flexibility index (Phi) is 7.20. The summed E-state index contributed by atoms with van der Waals surface area (Å²) in [6.45, 7) is 7.84. The molecule has 0 aromatic carbocycles. The summed E-state index contributed by atoms with van der Waals surface area (Å²) >= 11 is 0. The van der Waals surface area contributed by atoms with Gasteiger partial charge in [0, 0.05) is 27.2 Å². The van der Waals surface area contributed by atoms with E-state index in [2.05, 4.69) is 39.8 Å². The van der Waals surface area contributed by atoms with E-state index in [0.29, 0.717) is 0 Å². The fourth-order valence-electron chi connectivity index (χ4n) is 3.10. The van der Waals surface area contributed by atoms with E-state index in [1.807, 2.05) is 19.2 Å². The number of hydrogen-bond acceptors (Lipinski definition) is 3. The maximum absolute atomic E-state index is 5.67.